The molecule has 0 spiro atoms. The maximum atomic E-state index is 12.6. The van der Waals surface area contributed by atoms with Crippen LogP contribution in [0.2, 0.25) is 0 Å². The predicted octanol–water partition coefficient (Wildman–Crippen LogP) is 3.71. The van der Waals surface area contributed by atoms with Crippen molar-refractivity contribution < 1.29 is 4.79 Å². The Morgan fingerprint density at radius 3 is 2.72 bits per heavy atom. The summed E-state index contributed by atoms with van der Waals surface area (Å²) in [4.78, 5) is 18.5. The molecule has 0 radical (unpaired) electrons. The third-order valence-corrected chi connectivity index (χ3v) is 4.67. The van der Waals surface area contributed by atoms with Gasteiger partial charge >= 0.3 is 6.03 Å². The first-order valence-corrected chi connectivity index (χ1v) is 8.46. The fourth-order valence-electron chi connectivity index (χ4n) is 3.24. The van der Waals surface area contributed by atoms with Gasteiger partial charge in [0.15, 0.2) is 0 Å². The zero-order chi connectivity index (χ0) is 17.2. The van der Waals surface area contributed by atoms with Gasteiger partial charge in [0.25, 0.3) is 0 Å². The minimum absolute atomic E-state index is 0.0452. The Kier molecular flexibility index (Phi) is 3.98. The molecule has 1 unspecified atom stereocenters. The van der Waals surface area contributed by atoms with E-state index in [1.54, 1.807) is 12.5 Å². The zero-order valence-corrected chi connectivity index (χ0v) is 14.1. The largest absolute Gasteiger partial charge is 0.331 e. The van der Waals surface area contributed by atoms with Crippen LogP contribution in [0, 0.1) is 0 Å². The monoisotopic (exact) mass is 332 g/mol. The van der Waals surface area contributed by atoms with E-state index in [0.29, 0.717) is 0 Å². The molecule has 2 aromatic carbocycles. The van der Waals surface area contributed by atoms with Crippen LogP contribution in [-0.4, -0.2) is 22.1 Å². The molecule has 5 heteroatoms. The second-order valence-electron chi connectivity index (χ2n) is 6.26. The highest BCUT2D eigenvalue weighted by molar-refractivity contribution is 5.94. The van der Waals surface area contributed by atoms with Gasteiger partial charge in [-0.15, -0.1) is 0 Å². The number of amides is 2. The van der Waals surface area contributed by atoms with Gasteiger partial charge in [0, 0.05) is 30.3 Å². The van der Waals surface area contributed by atoms with Crippen LogP contribution in [0.1, 0.15) is 24.1 Å². The van der Waals surface area contributed by atoms with E-state index in [2.05, 4.69) is 16.4 Å². The Morgan fingerprint density at radius 2 is 1.96 bits per heavy atom. The van der Waals surface area contributed by atoms with Gasteiger partial charge in [0.2, 0.25) is 0 Å². The van der Waals surface area contributed by atoms with Crippen molar-refractivity contribution in [2.45, 2.75) is 19.4 Å². The summed E-state index contributed by atoms with van der Waals surface area (Å²) in [6.45, 7) is 2.74. The minimum atomic E-state index is -0.0582. The van der Waals surface area contributed by atoms with Crippen LogP contribution in [-0.2, 0) is 6.42 Å². The van der Waals surface area contributed by atoms with Crippen molar-refractivity contribution in [3.05, 3.63) is 78.4 Å². The van der Waals surface area contributed by atoms with Crippen molar-refractivity contribution >= 4 is 11.7 Å². The lowest BCUT2D eigenvalue weighted by Crippen LogP contribution is -2.40. The third-order valence-electron chi connectivity index (χ3n) is 4.67. The molecule has 2 heterocycles. The summed E-state index contributed by atoms with van der Waals surface area (Å²) >= 11 is 0. The number of benzene rings is 2. The van der Waals surface area contributed by atoms with Gasteiger partial charge in [-0.2, -0.15) is 0 Å². The molecule has 1 aliphatic heterocycles. The number of fused-ring (bicyclic) bond motifs is 1. The van der Waals surface area contributed by atoms with E-state index < -0.39 is 0 Å². The topological polar surface area (TPSA) is 50.2 Å². The number of aromatic nitrogens is 2. The molecular weight excluding hydrogens is 312 g/mol. The molecule has 0 saturated heterocycles. The number of para-hydroxylation sites is 1. The van der Waals surface area contributed by atoms with Crippen LogP contribution in [0.15, 0.2) is 67.3 Å². The number of imidazole rings is 1. The van der Waals surface area contributed by atoms with E-state index in [-0.39, 0.29) is 12.1 Å². The number of carbonyl (C=O) groups is 1. The summed E-state index contributed by atoms with van der Waals surface area (Å²) in [5.74, 6) is 0. The molecule has 0 fully saturated rings. The predicted molar refractivity (Wildman–Crippen MR) is 98.0 cm³/mol. The Labute approximate surface area is 146 Å². The van der Waals surface area contributed by atoms with Crippen molar-refractivity contribution in [1.29, 1.82) is 0 Å². The van der Waals surface area contributed by atoms with Crippen molar-refractivity contribution in [2.24, 2.45) is 0 Å². The summed E-state index contributed by atoms with van der Waals surface area (Å²) in [6, 6.07) is 16.1. The first-order chi connectivity index (χ1) is 12.2. The highest BCUT2D eigenvalue weighted by Crippen LogP contribution is 2.27. The SMILES string of the molecule is CC(NC(=O)N1CCc2ccccc21)c1ccc(-n2ccnc2)cc1. The average Bonchev–Trinajstić information content (AvgIpc) is 3.31. The minimum Gasteiger partial charge on any atom is -0.331 e. The van der Waals surface area contributed by atoms with Crippen LogP contribution in [0.25, 0.3) is 5.69 Å². The van der Waals surface area contributed by atoms with Crippen molar-refractivity contribution in [3.63, 3.8) is 0 Å². The number of rotatable bonds is 3. The molecule has 0 aliphatic carbocycles. The molecule has 1 aliphatic rings. The number of nitrogens with zero attached hydrogens (tertiary/aromatic N) is 3. The van der Waals surface area contributed by atoms with Gasteiger partial charge in [-0.1, -0.05) is 30.3 Å². The number of hydrogen-bond donors (Lipinski definition) is 1. The maximum absolute atomic E-state index is 12.6. The highest BCUT2D eigenvalue weighted by Gasteiger charge is 2.25. The summed E-state index contributed by atoms with van der Waals surface area (Å²) in [5, 5.41) is 3.10. The quantitative estimate of drug-likeness (QED) is 0.795. The van der Waals surface area contributed by atoms with E-state index >= 15 is 0 Å². The van der Waals surface area contributed by atoms with Crippen molar-refractivity contribution in [2.75, 3.05) is 11.4 Å². The lowest BCUT2D eigenvalue weighted by molar-refractivity contribution is 0.244. The summed E-state index contributed by atoms with van der Waals surface area (Å²) < 4.78 is 1.95. The zero-order valence-electron chi connectivity index (χ0n) is 14.1. The number of anilines is 1. The lowest BCUT2D eigenvalue weighted by atomic mass is 10.1. The molecule has 1 atom stereocenters. The number of urea groups is 1. The van der Waals surface area contributed by atoms with E-state index in [4.69, 9.17) is 0 Å². The second-order valence-corrected chi connectivity index (χ2v) is 6.26. The standard InChI is InChI=1S/C20H20N4O/c1-15(16-6-8-18(9-7-16)23-13-11-21-14-23)22-20(25)24-12-10-17-4-2-3-5-19(17)24/h2-9,11,13-15H,10,12H2,1H3,(H,22,25). The van der Waals surface area contributed by atoms with E-state index in [1.807, 2.05) is 65.1 Å². The van der Waals surface area contributed by atoms with Crippen LogP contribution >= 0.6 is 0 Å². The number of nitrogens with one attached hydrogen (secondary N) is 1. The summed E-state index contributed by atoms with van der Waals surface area (Å²) in [7, 11) is 0. The first kappa shape index (κ1) is 15.4. The summed E-state index contributed by atoms with van der Waals surface area (Å²) in [5.41, 5.74) is 4.37. The van der Waals surface area contributed by atoms with Crippen molar-refractivity contribution in [1.82, 2.24) is 14.9 Å². The Bertz CT molecular complexity index is 871. The number of hydrogen-bond acceptors (Lipinski definition) is 2. The molecule has 2 amide bonds. The van der Waals surface area contributed by atoms with Crippen LogP contribution < -0.4 is 10.2 Å². The van der Waals surface area contributed by atoms with E-state index in [1.165, 1.54) is 5.56 Å². The molecule has 126 valence electrons. The lowest BCUT2D eigenvalue weighted by Gasteiger charge is -2.22. The van der Waals surface area contributed by atoms with Gasteiger partial charge in [-0.3, -0.25) is 4.90 Å². The second kappa shape index (κ2) is 6.43. The normalized spacial score (nSPS) is 14.2. The molecule has 25 heavy (non-hydrogen) atoms. The van der Waals surface area contributed by atoms with Gasteiger partial charge in [0.1, 0.15) is 0 Å². The fourth-order valence-corrected chi connectivity index (χ4v) is 3.24. The van der Waals surface area contributed by atoms with E-state index in [0.717, 1.165) is 29.9 Å². The molecule has 0 saturated carbocycles. The average molecular weight is 332 g/mol. The Morgan fingerprint density at radius 1 is 1.16 bits per heavy atom. The van der Waals surface area contributed by atoms with Gasteiger partial charge in [-0.05, 0) is 42.7 Å². The van der Waals surface area contributed by atoms with Gasteiger partial charge < -0.3 is 9.88 Å². The Hall–Kier alpha value is -3.08. The van der Waals surface area contributed by atoms with Gasteiger partial charge in [0.05, 0.1) is 12.4 Å². The van der Waals surface area contributed by atoms with Crippen molar-refractivity contribution in [3.8, 4) is 5.69 Å². The number of carbonyl (C=O) groups excluding carboxylic acids is 1. The fraction of sp³-hybridized carbons (Fsp3) is 0.200. The maximum Gasteiger partial charge on any atom is 0.322 e. The highest BCUT2D eigenvalue weighted by atomic mass is 16.2. The van der Waals surface area contributed by atoms with E-state index in [9.17, 15) is 4.79 Å². The molecule has 4 rings (SSSR count). The molecule has 1 aromatic heterocycles. The molecule has 1 N–H and O–H groups in total. The molecule has 3 aromatic rings. The molecule has 0 bridgehead atoms. The first-order valence-electron chi connectivity index (χ1n) is 8.46. The van der Waals surface area contributed by atoms with Crippen LogP contribution in [0.3, 0.4) is 0 Å². The van der Waals surface area contributed by atoms with Crippen LogP contribution in [0.4, 0.5) is 10.5 Å². The molecular formula is C20H20N4O. The molecule has 5 nitrogen and oxygen atoms in total. The van der Waals surface area contributed by atoms with Gasteiger partial charge in [-0.25, -0.2) is 9.78 Å². The van der Waals surface area contributed by atoms with Crippen LogP contribution in [0.5, 0.6) is 0 Å². The third kappa shape index (κ3) is 3.01. The smallest absolute Gasteiger partial charge is 0.322 e. The Balaban J connectivity index is 1.45. The summed E-state index contributed by atoms with van der Waals surface area (Å²) in [6.07, 6.45) is 6.35.